The Morgan fingerprint density at radius 3 is 1.61 bits per heavy atom. The predicted octanol–water partition coefficient (Wildman–Crippen LogP) is 5.30. The minimum absolute atomic E-state index is 0. The van der Waals surface area contributed by atoms with Crippen LogP contribution in [0, 0.1) is 0 Å². The van der Waals surface area contributed by atoms with E-state index < -0.39 is 5.97 Å². The van der Waals surface area contributed by atoms with Crippen LogP contribution in [-0.2, 0) is 4.79 Å². The van der Waals surface area contributed by atoms with E-state index in [1.165, 1.54) is 25.7 Å². The summed E-state index contributed by atoms with van der Waals surface area (Å²) in [7, 11) is 0. The van der Waals surface area contributed by atoms with Gasteiger partial charge in [0.1, 0.15) is 0 Å². The molecule has 0 aliphatic carbocycles. The number of hydrogen-bond acceptors (Lipinski definition) is 1. The number of aliphatic carboxylic acids is 1. The molecule has 23 heavy (non-hydrogen) atoms. The number of carboxylic acid groups (broad SMARTS) is 1. The Hall–Kier alpha value is 0.00143. The molecule has 0 unspecified atom stereocenters. The molecule has 0 saturated heterocycles. The van der Waals surface area contributed by atoms with Crippen LogP contribution in [0.15, 0.2) is 48.6 Å². The first-order valence-corrected chi connectivity index (χ1v) is 8.59. The molecular weight excluding hydrogens is 410 g/mol. The topological polar surface area (TPSA) is 37.3 Å². The van der Waals surface area contributed by atoms with Gasteiger partial charge in [-0.25, -0.2) is 0 Å². The van der Waals surface area contributed by atoms with Gasteiger partial charge in [-0.3, -0.25) is 4.79 Å². The fourth-order valence-corrected chi connectivity index (χ4v) is 1.93. The normalized spacial score (nSPS) is 11.9. The van der Waals surface area contributed by atoms with Crippen molar-refractivity contribution in [3.63, 3.8) is 0 Å². The van der Waals surface area contributed by atoms with Gasteiger partial charge in [-0.2, -0.15) is 0 Å². The summed E-state index contributed by atoms with van der Waals surface area (Å²) in [6.45, 7) is 2.23. The zero-order valence-electron chi connectivity index (χ0n) is 14.0. The van der Waals surface area contributed by atoms with Gasteiger partial charge in [0, 0.05) is 6.42 Å². The van der Waals surface area contributed by atoms with E-state index in [-0.39, 0.29) is 55.3 Å². The number of allylic oxidation sites excluding steroid dienone is 8. The quantitative estimate of drug-likeness (QED) is 0.225. The summed E-state index contributed by atoms with van der Waals surface area (Å²) < 4.78 is 0. The molecule has 0 fully saturated rings. The standard InChI is InChI=1S/C20H32O2.Ba.2H/c1-2-3-4-5-6-7-8-9-10-11-12-13-14-15-16-17-18-19-20(21)22;;;/h6-7,9-10,12-13,15-16H,2-5,8,11,14,17-19H2,1H3,(H,21,22);;;. The summed E-state index contributed by atoms with van der Waals surface area (Å²) >= 11 is 0. The van der Waals surface area contributed by atoms with E-state index in [2.05, 4.69) is 55.5 Å². The van der Waals surface area contributed by atoms with Crippen LogP contribution in [0.5, 0.6) is 0 Å². The third-order valence-corrected chi connectivity index (χ3v) is 3.22. The van der Waals surface area contributed by atoms with Gasteiger partial charge in [-0.15, -0.1) is 0 Å². The van der Waals surface area contributed by atoms with Gasteiger partial charge < -0.3 is 5.11 Å². The fraction of sp³-hybridized carbons (Fsp3) is 0.550. The second-order valence-electron chi connectivity index (χ2n) is 5.37. The molecule has 0 heterocycles. The SMILES string of the molecule is CCCCCC=CCC=CCC=CCC=CCCCC(=O)O.[BaH2]. The van der Waals surface area contributed by atoms with Crippen molar-refractivity contribution in [1.29, 1.82) is 0 Å². The maximum absolute atomic E-state index is 10.3. The van der Waals surface area contributed by atoms with E-state index in [4.69, 9.17) is 5.11 Å². The van der Waals surface area contributed by atoms with Crippen LogP contribution < -0.4 is 0 Å². The molecule has 0 rings (SSSR count). The van der Waals surface area contributed by atoms with Crippen LogP contribution in [0.4, 0.5) is 0 Å². The monoisotopic (exact) mass is 444 g/mol. The Morgan fingerprint density at radius 1 is 0.739 bits per heavy atom. The van der Waals surface area contributed by atoms with Gasteiger partial charge in [0.05, 0.1) is 0 Å². The third-order valence-electron chi connectivity index (χ3n) is 3.22. The zero-order chi connectivity index (χ0) is 16.3. The van der Waals surface area contributed by atoms with Crippen LogP contribution in [0.3, 0.4) is 0 Å². The first kappa shape index (κ1) is 25.2. The Labute approximate surface area is 182 Å². The van der Waals surface area contributed by atoms with E-state index >= 15 is 0 Å². The molecule has 0 aromatic heterocycles. The molecule has 2 nitrogen and oxygen atoms in total. The van der Waals surface area contributed by atoms with Crippen molar-refractivity contribution in [2.24, 2.45) is 0 Å². The first-order valence-electron chi connectivity index (χ1n) is 8.59. The molecule has 0 bridgehead atoms. The molecule has 0 amide bonds. The summed E-state index contributed by atoms with van der Waals surface area (Å²) in [5.74, 6) is -0.712. The predicted molar refractivity (Wildman–Crippen MR) is 105 cm³/mol. The number of unbranched alkanes of at least 4 members (excludes halogenated alkanes) is 4. The summed E-state index contributed by atoms with van der Waals surface area (Å²) in [5, 5.41) is 8.49. The van der Waals surface area contributed by atoms with E-state index in [0.29, 0.717) is 0 Å². The minimum atomic E-state index is -0.712. The van der Waals surface area contributed by atoms with Gasteiger partial charge in [0.15, 0.2) is 0 Å². The van der Waals surface area contributed by atoms with Gasteiger partial charge in [-0.1, -0.05) is 68.4 Å². The van der Waals surface area contributed by atoms with E-state index in [1.807, 2.05) is 0 Å². The molecular formula is C20H34BaO2. The number of hydrogen-bond donors (Lipinski definition) is 1. The Bertz CT molecular complexity index is 368. The second-order valence-corrected chi connectivity index (χ2v) is 5.37. The molecule has 0 spiro atoms. The van der Waals surface area contributed by atoms with Crippen molar-refractivity contribution in [2.45, 2.75) is 71.1 Å². The van der Waals surface area contributed by atoms with E-state index in [0.717, 1.165) is 32.1 Å². The number of carboxylic acids is 1. The fourth-order valence-electron chi connectivity index (χ4n) is 1.93. The number of carbonyl (C=O) groups is 1. The average molecular weight is 444 g/mol. The first-order chi connectivity index (χ1) is 10.8. The van der Waals surface area contributed by atoms with Crippen molar-refractivity contribution < 1.29 is 9.90 Å². The zero-order valence-corrected chi connectivity index (χ0v) is 14.0. The molecule has 0 aromatic rings. The molecule has 0 saturated carbocycles. The van der Waals surface area contributed by atoms with Crippen molar-refractivity contribution in [1.82, 2.24) is 0 Å². The van der Waals surface area contributed by atoms with Crippen molar-refractivity contribution in [3.8, 4) is 0 Å². The summed E-state index contributed by atoms with van der Waals surface area (Å²) in [6, 6.07) is 0. The Morgan fingerprint density at radius 2 is 1.17 bits per heavy atom. The maximum atomic E-state index is 10.3. The molecule has 0 aliphatic rings. The molecule has 0 radical (unpaired) electrons. The molecule has 0 atom stereocenters. The van der Waals surface area contributed by atoms with Gasteiger partial charge in [0.25, 0.3) is 0 Å². The second kappa shape index (κ2) is 22.0. The average Bonchev–Trinajstić information content (AvgIpc) is 2.50. The van der Waals surface area contributed by atoms with Crippen LogP contribution in [0.25, 0.3) is 0 Å². The Kier molecular flexibility index (Phi) is 24.1. The number of rotatable bonds is 14. The molecule has 1 N–H and O–H groups in total. The van der Waals surface area contributed by atoms with Crippen molar-refractivity contribution >= 4 is 54.9 Å². The summed E-state index contributed by atoms with van der Waals surface area (Å²) in [6.07, 6.45) is 27.3. The van der Waals surface area contributed by atoms with Crippen molar-refractivity contribution in [3.05, 3.63) is 48.6 Å². The van der Waals surface area contributed by atoms with Crippen LogP contribution in [-0.4, -0.2) is 60.0 Å². The van der Waals surface area contributed by atoms with Gasteiger partial charge in [-0.05, 0) is 44.9 Å². The summed E-state index contributed by atoms with van der Waals surface area (Å²) in [5.41, 5.74) is 0. The summed E-state index contributed by atoms with van der Waals surface area (Å²) in [4.78, 5) is 10.3. The molecule has 128 valence electrons. The molecule has 0 aromatic carbocycles. The van der Waals surface area contributed by atoms with Crippen molar-refractivity contribution in [2.75, 3.05) is 0 Å². The Balaban J connectivity index is 0. The third kappa shape index (κ3) is 24.4. The molecule has 3 heteroatoms. The van der Waals surface area contributed by atoms with E-state index in [1.54, 1.807) is 0 Å². The van der Waals surface area contributed by atoms with Crippen LogP contribution in [0.1, 0.15) is 71.1 Å². The molecule has 0 aliphatic heterocycles. The van der Waals surface area contributed by atoms with Gasteiger partial charge >= 0.3 is 54.9 Å². The van der Waals surface area contributed by atoms with Gasteiger partial charge in [0.2, 0.25) is 0 Å². The van der Waals surface area contributed by atoms with Crippen LogP contribution in [0.2, 0.25) is 0 Å². The van der Waals surface area contributed by atoms with Crippen LogP contribution >= 0.6 is 0 Å². The van der Waals surface area contributed by atoms with E-state index in [9.17, 15) is 4.79 Å².